The van der Waals surface area contributed by atoms with Gasteiger partial charge in [0.25, 0.3) is 0 Å². The molecule has 0 bridgehead atoms. The normalized spacial score (nSPS) is 10.3. The molecule has 0 saturated heterocycles. The van der Waals surface area contributed by atoms with Gasteiger partial charge < -0.3 is 4.42 Å². The molecule has 2 aromatic rings. The van der Waals surface area contributed by atoms with Crippen LogP contribution in [0.4, 0.5) is 0 Å². The monoisotopic (exact) mass is 165 g/mol. The number of nitrogens with zero attached hydrogens (tertiary/aromatic N) is 1. The summed E-state index contributed by atoms with van der Waals surface area (Å²) in [7, 11) is 0. The first-order valence-corrected chi connectivity index (χ1v) is 4.20. The quantitative estimate of drug-likeness (QED) is 0.649. The Bertz CT molecular complexity index is 337. The fourth-order valence-corrected chi connectivity index (χ4v) is 1.63. The molecule has 2 nitrogen and oxygen atoms in total. The smallest absolute Gasteiger partial charge is 0.162 e. The van der Waals surface area contributed by atoms with E-state index in [9.17, 15) is 0 Å². The van der Waals surface area contributed by atoms with Crippen LogP contribution in [0.5, 0.6) is 0 Å². The third-order valence-electron chi connectivity index (χ3n) is 1.35. The van der Waals surface area contributed by atoms with Gasteiger partial charge in [-0.05, 0) is 19.1 Å². The van der Waals surface area contributed by atoms with Crippen molar-refractivity contribution in [2.24, 2.45) is 0 Å². The van der Waals surface area contributed by atoms with Gasteiger partial charge in [-0.1, -0.05) is 0 Å². The van der Waals surface area contributed by atoms with Crippen molar-refractivity contribution in [2.75, 3.05) is 0 Å². The van der Waals surface area contributed by atoms with Crippen LogP contribution < -0.4 is 0 Å². The van der Waals surface area contributed by atoms with E-state index in [1.807, 2.05) is 24.4 Å². The highest BCUT2D eigenvalue weighted by Crippen LogP contribution is 2.23. The summed E-state index contributed by atoms with van der Waals surface area (Å²) in [6.07, 6.45) is 1.66. The van der Waals surface area contributed by atoms with Gasteiger partial charge in [0, 0.05) is 11.1 Å². The second-order valence-corrected chi connectivity index (χ2v) is 3.13. The first kappa shape index (κ1) is 6.61. The first-order chi connectivity index (χ1) is 5.36. The van der Waals surface area contributed by atoms with Crippen molar-refractivity contribution in [3.8, 4) is 10.8 Å². The van der Waals surface area contributed by atoms with E-state index >= 15 is 0 Å². The largest absolute Gasteiger partial charge is 0.462 e. The highest BCUT2D eigenvalue weighted by atomic mass is 32.1. The second kappa shape index (κ2) is 2.51. The lowest BCUT2D eigenvalue weighted by Crippen LogP contribution is -1.71. The summed E-state index contributed by atoms with van der Waals surface area (Å²) in [5.74, 6) is 0.850. The van der Waals surface area contributed by atoms with E-state index in [-0.39, 0.29) is 0 Å². The predicted octanol–water partition coefficient (Wildman–Crippen LogP) is 2.71. The molecule has 2 rings (SSSR count). The van der Waals surface area contributed by atoms with Gasteiger partial charge in [0.1, 0.15) is 0 Å². The highest BCUT2D eigenvalue weighted by Gasteiger charge is 2.03. The molecule has 0 atom stereocenters. The van der Waals surface area contributed by atoms with Crippen molar-refractivity contribution in [1.29, 1.82) is 0 Å². The molecule has 0 radical (unpaired) electrons. The fourth-order valence-electron chi connectivity index (χ4n) is 0.867. The molecule has 0 aromatic carbocycles. The Labute approximate surface area is 68.5 Å². The van der Waals surface area contributed by atoms with Crippen LogP contribution in [0.15, 0.2) is 28.2 Å². The number of thiazole rings is 1. The molecule has 0 fully saturated rings. The molecule has 0 unspecified atom stereocenters. The molecule has 0 amide bonds. The number of hydrogen-bond donors (Lipinski definition) is 0. The van der Waals surface area contributed by atoms with Crippen LogP contribution in [-0.4, -0.2) is 4.98 Å². The molecule has 0 saturated carbocycles. The number of aromatic nitrogens is 1. The van der Waals surface area contributed by atoms with Gasteiger partial charge in [-0.3, -0.25) is 0 Å². The van der Waals surface area contributed by atoms with Gasteiger partial charge >= 0.3 is 0 Å². The molecular weight excluding hydrogens is 158 g/mol. The Balaban J connectivity index is 2.45. The Morgan fingerprint density at radius 2 is 2.45 bits per heavy atom. The molecule has 0 N–H and O–H groups in total. The number of hydrogen-bond acceptors (Lipinski definition) is 3. The maximum absolute atomic E-state index is 5.18. The van der Waals surface area contributed by atoms with E-state index in [1.54, 1.807) is 17.6 Å². The zero-order valence-electron chi connectivity index (χ0n) is 6.07. The van der Waals surface area contributed by atoms with E-state index in [2.05, 4.69) is 4.98 Å². The van der Waals surface area contributed by atoms with Crippen molar-refractivity contribution < 1.29 is 4.42 Å². The first-order valence-electron chi connectivity index (χ1n) is 3.32. The second-order valence-electron chi connectivity index (χ2n) is 2.27. The summed E-state index contributed by atoms with van der Waals surface area (Å²) in [5.41, 5.74) is 1.04. The molecule has 11 heavy (non-hydrogen) atoms. The van der Waals surface area contributed by atoms with Gasteiger partial charge in [0.05, 0.1) is 6.26 Å². The van der Waals surface area contributed by atoms with Crippen LogP contribution in [0, 0.1) is 6.92 Å². The Morgan fingerprint density at radius 3 is 3.00 bits per heavy atom. The van der Waals surface area contributed by atoms with Crippen molar-refractivity contribution in [3.63, 3.8) is 0 Å². The molecule has 2 heterocycles. The van der Waals surface area contributed by atoms with Crippen molar-refractivity contribution in [1.82, 2.24) is 4.98 Å². The minimum absolute atomic E-state index is 0.850. The van der Waals surface area contributed by atoms with Gasteiger partial charge in [0.15, 0.2) is 10.8 Å². The van der Waals surface area contributed by atoms with Crippen LogP contribution in [0.25, 0.3) is 10.8 Å². The summed E-state index contributed by atoms with van der Waals surface area (Å²) in [6, 6.07) is 3.78. The molecule has 56 valence electrons. The average Bonchev–Trinajstić information content (AvgIpc) is 2.55. The number of rotatable bonds is 1. The summed E-state index contributed by atoms with van der Waals surface area (Å²) in [4.78, 5) is 4.28. The van der Waals surface area contributed by atoms with Gasteiger partial charge in [-0.2, -0.15) is 0 Å². The molecule has 0 spiro atoms. The van der Waals surface area contributed by atoms with Crippen LogP contribution in [-0.2, 0) is 0 Å². The van der Waals surface area contributed by atoms with E-state index in [4.69, 9.17) is 4.42 Å². The minimum atomic E-state index is 0.850. The Kier molecular flexibility index (Phi) is 1.51. The molecular formula is C8H7NOS. The molecule has 0 aliphatic carbocycles. The van der Waals surface area contributed by atoms with Crippen molar-refractivity contribution in [2.45, 2.75) is 6.92 Å². The van der Waals surface area contributed by atoms with Gasteiger partial charge in [-0.15, -0.1) is 11.3 Å². The summed E-state index contributed by atoms with van der Waals surface area (Å²) in [5, 5.41) is 2.96. The lowest BCUT2D eigenvalue weighted by Gasteiger charge is -1.84. The third-order valence-corrected chi connectivity index (χ3v) is 2.33. The molecule has 0 aliphatic heterocycles. The predicted molar refractivity (Wildman–Crippen MR) is 44.6 cm³/mol. The van der Waals surface area contributed by atoms with Crippen molar-refractivity contribution in [3.05, 3.63) is 29.5 Å². The molecule has 0 aliphatic rings. The average molecular weight is 165 g/mol. The van der Waals surface area contributed by atoms with Crippen LogP contribution in [0.1, 0.15) is 5.69 Å². The van der Waals surface area contributed by atoms with E-state index in [0.29, 0.717) is 0 Å². The number of aryl methyl sites for hydroxylation is 1. The topological polar surface area (TPSA) is 26.0 Å². The lowest BCUT2D eigenvalue weighted by molar-refractivity contribution is 0.581. The zero-order valence-corrected chi connectivity index (χ0v) is 6.89. The molecule has 3 heteroatoms. The minimum Gasteiger partial charge on any atom is -0.462 e. The van der Waals surface area contributed by atoms with Crippen LogP contribution >= 0.6 is 11.3 Å². The highest BCUT2D eigenvalue weighted by molar-refractivity contribution is 7.13. The van der Waals surface area contributed by atoms with E-state index < -0.39 is 0 Å². The third kappa shape index (κ3) is 1.19. The summed E-state index contributed by atoms with van der Waals surface area (Å²) < 4.78 is 5.18. The summed E-state index contributed by atoms with van der Waals surface area (Å²) in [6.45, 7) is 1.98. The number of furan rings is 1. The maximum Gasteiger partial charge on any atom is 0.162 e. The fraction of sp³-hybridized carbons (Fsp3) is 0.125. The SMILES string of the molecule is Cc1csc(-c2ccco2)n1. The van der Waals surface area contributed by atoms with Gasteiger partial charge in [-0.25, -0.2) is 4.98 Å². The van der Waals surface area contributed by atoms with Crippen LogP contribution in [0.2, 0.25) is 0 Å². The standard InChI is InChI=1S/C8H7NOS/c1-6-5-11-8(9-6)7-3-2-4-10-7/h2-5H,1H3. The van der Waals surface area contributed by atoms with Crippen LogP contribution in [0.3, 0.4) is 0 Å². The Hall–Kier alpha value is -1.09. The zero-order chi connectivity index (χ0) is 7.68. The van der Waals surface area contributed by atoms with Gasteiger partial charge in [0.2, 0.25) is 0 Å². The molecule has 2 aromatic heterocycles. The summed E-state index contributed by atoms with van der Waals surface area (Å²) >= 11 is 1.60. The van der Waals surface area contributed by atoms with E-state index in [1.165, 1.54) is 0 Å². The maximum atomic E-state index is 5.18. The Morgan fingerprint density at radius 1 is 1.55 bits per heavy atom. The van der Waals surface area contributed by atoms with E-state index in [0.717, 1.165) is 16.5 Å². The van der Waals surface area contributed by atoms with Crippen molar-refractivity contribution >= 4 is 11.3 Å². The lowest BCUT2D eigenvalue weighted by atomic mass is 10.5.